The molecule has 1 aromatic rings. The van der Waals surface area contributed by atoms with Crippen molar-refractivity contribution in [1.82, 2.24) is 10.3 Å². The zero-order valence-electron chi connectivity index (χ0n) is 11.2. The Bertz CT molecular complexity index is 450. The van der Waals surface area contributed by atoms with Crippen LogP contribution in [0.2, 0.25) is 0 Å². The van der Waals surface area contributed by atoms with Gasteiger partial charge in [0, 0.05) is 0 Å². The molecule has 1 heterocycles. The second-order valence-corrected chi connectivity index (χ2v) is 4.92. The fraction of sp³-hybridized carbons (Fsp3) is 0.583. The van der Waals surface area contributed by atoms with Crippen molar-refractivity contribution in [3.8, 4) is 0 Å². The van der Waals surface area contributed by atoms with Gasteiger partial charge in [0.2, 0.25) is 11.8 Å². The van der Waals surface area contributed by atoms with Crippen molar-refractivity contribution in [2.45, 2.75) is 40.7 Å². The number of amides is 1. The SMILES string of the molecule is CCC(C)(C(=O)NCc1nc(C)c(C)o1)C(N)=S. The number of carbonyl (C=O) groups excluding carboxylic acids is 1. The largest absolute Gasteiger partial charge is 0.444 e. The lowest BCUT2D eigenvalue weighted by Gasteiger charge is -2.25. The van der Waals surface area contributed by atoms with Gasteiger partial charge in [0.25, 0.3) is 0 Å². The molecule has 6 heteroatoms. The van der Waals surface area contributed by atoms with Crippen LogP contribution in [0.3, 0.4) is 0 Å². The van der Waals surface area contributed by atoms with Crippen molar-refractivity contribution in [2.24, 2.45) is 11.1 Å². The Morgan fingerprint density at radius 3 is 2.56 bits per heavy atom. The van der Waals surface area contributed by atoms with Gasteiger partial charge < -0.3 is 15.5 Å². The lowest BCUT2D eigenvalue weighted by Crippen LogP contribution is -2.46. The molecule has 1 atom stereocenters. The third kappa shape index (κ3) is 2.87. The van der Waals surface area contributed by atoms with Crippen LogP contribution < -0.4 is 11.1 Å². The van der Waals surface area contributed by atoms with Crippen LogP contribution in [0.1, 0.15) is 37.6 Å². The molecular weight excluding hydrogens is 250 g/mol. The van der Waals surface area contributed by atoms with E-state index in [0.29, 0.717) is 12.3 Å². The van der Waals surface area contributed by atoms with E-state index in [1.54, 1.807) is 6.92 Å². The zero-order valence-corrected chi connectivity index (χ0v) is 12.0. The van der Waals surface area contributed by atoms with Crippen LogP contribution in [0.4, 0.5) is 0 Å². The Labute approximate surface area is 112 Å². The molecule has 0 spiro atoms. The summed E-state index contributed by atoms with van der Waals surface area (Å²) in [5, 5.41) is 2.75. The second-order valence-electron chi connectivity index (χ2n) is 4.48. The minimum atomic E-state index is -0.827. The molecule has 1 amide bonds. The highest BCUT2D eigenvalue weighted by molar-refractivity contribution is 7.80. The third-order valence-electron chi connectivity index (χ3n) is 3.23. The van der Waals surface area contributed by atoms with Crippen molar-refractivity contribution >= 4 is 23.1 Å². The molecule has 0 saturated carbocycles. The first-order chi connectivity index (χ1) is 8.31. The van der Waals surface area contributed by atoms with Crippen LogP contribution in [0.5, 0.6) is 0 Å². The number of aromatic nitrogens is 1. The Hall–Kier alpha value is -1.43. The summed E-state index contributed by atoms with van der Waals surface area (Å²) >= 11 is 4.94. The lowest BCUT2D eigenvalue weighted by molar-refractivity contribution is -0.127. The summed E-state index contributed by atoms with van der Waals surface area (Å²) in [4.78, 5) is 16.4. The number of rotatable bonds is 5. The first-order valence-corrected chi connectivity index (χ1v) is 6.23. The molecule has 0 radical (unpaired) electrons. The number of nitrogens with one attached hydrogen (secondary N) is 1. The minimum absolute atomic E-state index is 0.197. The van der Waals surface area contributed by atoms with Gasteiger partial charge in [-0.25, -0.2) is 4.98 Å². The molecule has 0 aliphatic rings. The Morgan fingerprint density at radius 1 is 1.56 bits per heavy atom. The van der Waals surface area contributed by atoms with Gasteiger partial charge in [-0.2, -0.15) is 0 Å². The first-order valence-electron chi connectivity index (χ1n) is 5.82. The smallest absolute Gasteiger partial charge is 0.233 e. The summed E-state index contributed by atoms with van der Waals surface area (Å²) in [7, 11) is 0. The van der Waals surface area contributed by atoms with Crippen LogP contribution in [-0.4, -0.2) is 15.9 Å². The Balaban J connectivity index is 2.68. The van der Waals surface area contributed by atoms with E-state index in [1.165, 1.54) is 0 Å². The summed E-state index contributed by atoms with van der Waals surface area (Å²) in [6.07, 6.45) is 0.553. The highest BCUT2D eigenvalue weighted by atomic mass is 32.1. The van der Waals surface area contributed by atoms with Crippen LogP contribution in [0, 0.1) is 19.3 Å². The number of hydrogen-bond donors (Lipinski definition) is 2. The number of hydrogen-bond acceptors (Lipinski definition) is 4. The highest BCUT2D eigenvalue weighted by Crippen LogP contribution is 2.21. The molecule has 0 fully saturated rings. The lowest BCUT2D eigenvalue weighted by atomic mass is 9.86. The van der Waals surface area contributed by atoms with Gasteiger partial charge in [-0.15, -0.1) is 0 Å². The molecule has 100 valence electrons. The monoisotopic (exact) mass is 269 g/mol. The summed E-state index contributed by atoms with van der Waals surface area (Å²) in [5.74, 6) is 1.04. The first kappa shape index (κ1) is 14.6. The molecule has 0 aromatic carbocycles. The van der Waals surface area contributed by atoms with E-state index in [-0.39, 0.29) is 17.4 Å². The summed E-state index contributed by atoms with van der Waals surface area (Å²) in [5.41, 5.74) is 5.61. The molecule has 0 saturated heterocycles. The van der Waals surface area contributed by atoms with Crippen LogP contribution in [0.15, 0.2) is 4.42 Å². The van der Waals surface area contributed by atoms with E-state index in [4.69, 9.17) is 22.4 Å². The van der Waals surface area contributed by atoms with Crippen LogP contribution in [-0.2, 0) is 11.3 Å². The second kappa shape index (κ2) is 5.48. The molecule has 0 aliphatic carbocycles. The van der Waals surface area contributed by atoms with Gasteiger partial charge in [0.05, 0.1) is 22.6 Å². The van der Waals surface area contributed by atoms with Gasteiger partial charge in [-0.3, -0.25) is 4.79 Å². The molecule has 1 rings (SSSR count). The van der Waals surface area contributed by atoms with Gasteiger partial charge in [-0.1, -0.05) is 19.1 Å². The van der Waals surface area contributed by atoms with Gasteiger partial charge in [-0.05, 0) is 27.2 Å². The summed E-state index contributed by atoms with van der Waals surface area (Å²) in [6, 6.07) is 0. The van der Waals surface area contributed by atoms with E-state index >= 15 is 0 Å². The standard InChI is InChI=1S/C12H19N3O2S/c1-5-12(4,10(13)18)11(16)14-6-9-15-7(2)8(3)17-9/h5-6H2,1-4H3,(H2,13,18)(H,14,16). The Kier molecular flexibility index (Phi) is 4.45. The molecule has 1 unspecified atom stereocenters. The van der Waals surface area contributed by atoms with Crippen molar-refractivity contribution < 1.29 is 9.21 Å². The summed E-state index contributed by atoms with van der Waals surface area (Å²) < 4.78 is 5.38. The average Bonchev–Trinajstić information content (AvgIpc) is 2.64. The molecule has 0 bridgehead atoms. The number of thiocarbonyl (C=S) groups is 1. The van der Waals surface area contributed by atoms with E-state index < -0.39 is 5.41 Å². The number of oxazole rings is 1. The van der Waals surface area contributed by atoms with Crippen LogP contribution >= 0.6 is 12.2 Å². The van der Waals surface area contributed by atoms with Crippen molar-refractivity contribution in [3.05, 3.63) is 17.3 Å². The minimum Gasteiger partial charge on any atom is -0.444 e. The van der Waals surface area contributed by atoms with E-state index in [1.807, 2.05) is 20.8 Å². The summed E-state index contributed by atoms with van der Waals surface area (Å²) in [6.45, 7) is 7.54. The molecule has 1 aromatic heterocycles. The Morgan fingerprint density at radius 2 is 2.17 bits per heavy atom. The van der Waals surface area contributed by atoms with Gasteiger partial charge in [0.15, 0.2) is 0 Å². The quantitative estimate of drug-likeness (QED) is 0.794. The highest BCUT2D eigenvalue weighted by Gasteiger charge is 2.34. The van der Waals surface area contributed by atoms with E-state index in [0.717, 1.165) is 11.5 Å². The fourth-order valence-corrected chi connectivity index (χ4v) is 1.65. The number of carbonyl (C=O) groups is 1. The molecular formula is C12H19N3O2S. The average molecular weight is 269 g/mol. The van der Waals surface area contributed by atoms with E-state index in [2.05, 4.69) is 10.3 Å². The van der Waals surface area contributed by atoms with Gasteiger partial charge >= 0.3 is 0 Å². The molecule has 18 heavy (non-hydrogen) atoms. The van der Waals surface area contributed by atoms with Crippen molar-refractivity contribution in [1.29, 1.82) is 0 Å². The predicted molar refractivity (Wildman–Crippen MR) is 73.0 cm³/mol. The third-order valence-corrected chi connectivity index (χ3v) is 3.68. The van der Waals surface area contributed by atoms with Crippen molar-refractivity contribution in [2.75, 3.05) is 0 Å². The molecule has 5 nitrogen and oxygen atoms in total. The van der Waals surface area contributed by atoms with Crippen molar-refractivity contribution in [3.63, 3.8) is 0 Å². The predicted octanol–water partition coefficient (Wildman–Crippen LogP) is 1.61. The number of aryl methyl sites for hydroxylation is 2. The number of nitrogens with two attached hydrogens (primary N) is 1. The molecule has 3 N–H and O–H groups in total. The topological polar surface area (TPSA) is 81.2 Å². The fourth-order valence-electron chi connectivity index (χ4n) is 1.41. The van der Waals surface area contributed by atoms with Gasteiger partial charge in [0.1, 0.15) is 5.76 Å². The zero-order chi connectivity index (χ0) is 13.9. The number of nitrogens with zero attached hydrogens (tertiary/aromatic N) is 1. The maximum absolute atomic E-state index is 12.1. The molecule has 0 aliphatic heterocycles. The normalized spacial score (nSPS) is 14.0. The van der Waals surface area contributed by atoms with Crippen LogP contribution in [0.25, 0.3) is 0 Å². The van der Waals surface area contributed by atoms with E-state index in [9.17, 15) is 4.79 Å². The maximum Gasteiger partial charge on any atom is 0.233 e. The maximum atomic E-state index is 12.1.